The number of carbonyl (C=O) groups is 1. The molecule has 9 nitrogen and oxygen atoms in total. The monoisotopic (exact) mass is 352 g/mol. The minimum Gasteiger partial charge on any atom is -0.408 e. The number of benzene rings is 1. The Morgan fingerprint density at radius 3 is 2.68 bits per heavy atom. The van der Waals surface area contributed by atoms with Crippen molar-refractivity contribution < 1.29 is 29.3 Å². The highest BCUT2D eigenvalue weighted by atomic mass is 16.5. The lowest BCUT2D eigenvalue weighted by atomic mass is 9.95. The minimum atomic E-state index is -1.44. The Hall–Kier alpha value is -2.20. The van der Waals surface area contributed by atoms with E-state index in [1.54, 1.807) is 18.2 Å². The van der Waals surface area contributed by atoms with Crippen LogP contribution in [0.4, 0.5) is 0 Å². The molecule has 1 aromatic carbocycles. The van der Waals surface area contributed by atoms with Crippen LogP contribution in [0.5, 0.6) is 0 Å². The Morgan fingerprint density at radius 1 is 1.32 bits per heavy atom. The minimum absolute atomic E-state index is 0.321. The number of ether oxygens (including phenoxy) is 1. The van der Waals surface area contributed by atoms with Crippen LogP contribution in [-0.4, -0.2) is 56.8 Å². The van der Waals surface area contributed by atoms with Gasteiger partial charge in [-0.05, 0) is 24.6 Å². The van der Waals surface area contributed by atoms with Crippen LogP contribution in [0, 0.1) is 6.92 Å². The van der Waals surface area contributed by atoms with Crippen LogP contribution in [0.25, 0.3) is 11.1 Å². The standard InChI is InChI=1S/C16H20N2O7/c1-7-3-4-10-9(5-7)18(16(23)25-10)15-12(17-8(2)20)14(22)13(21)11(6-19)24-15/h3-5,11-15,19,21-22H,6H2,1-2H3,(H,17,20)/t11-,12+,13+,14-,15+/m0/s1. The Bertz CT molecular complexity index is 843. The maximum atomic E-state index is 12.4. The van der Waals surface area contributed by atoms with Crippen LogP contribution in [-0.2, 0) is 9.53 Å². The Balaban J connectivity index is 2.14. The molecule has 3 rings (SSSR count). The van der Waals surface area contributed by atoms with Gasteiger partial charge in [-0.25, -0.2) is 9.36 Å². The third-order valence-corrected chi connectivity index (χ3v) is 4.29. The number of nitrogens with one attached hydrogen (secondary N) is 1. The number of aryl methyl sites for hydroxylation is 1. The number of oxazole rings is 1. The largest absolute Gasteiger partial charge is 0.422 e. The molecule has 1 fully saturated rings. The molecule has 0 aliphatic carbocycles. The van der Waals surface area contributed by atoms with E-state index in [1.165, 1.54) is 11.5 Å². The average molecular weight is 352 g/mol. The van der Waals surface area contributed by atoms with Crippen molar-refractivity contribution >= 4 is 17.0 Å². The second-order valence-electron chi connectivity index (χ2n) is 6.16. The van der Waals surface area contributed by atoms with Crippen LogP contribution >= 0.6 is 0 Å². The van der Waals surface area contributed by atoms with Gasteiger partial charge in [0.05, 0.1) is 12.1 Å². The van der Waals surface area contributed by atoms with Gasteiger partial charge in [-0.1, -0.05) is 6.07 Å². The molecular weight excluding hydrogens is 332 g/mol. The molecule has 5 atom stereocenters. The second-order valence-corrected chi connectivity index (χ2v) is 6.16. The molecule has 0 spiro atoms. The number of fused-ring (bicyclic) bond motifs is 1. The number of aliphatic hydroxyl groups excluding tert-OH is 3. The zero-order chi connectivity index (χ0) is 18.3. The predicted molar refractivity (Wildman–Crippen MR) is 85.8 cm³/mol. The van der Waals surface area contributed by atoms with Crippen LogP contribution < -0.4 is 11.1 Å². The molecule has 1 aromatic heterocycles. The number of nitrogens with zero attached hydrogens (tertiary/aromatic N) is 1. The molecule has 0 unspecified atom stereocenters. The van der Waals surface area contributed by atoms with Gasteiger partial charge in [0, 0.05) is 6.92 Å². The van der Waals surface area contributed by atoms with E-state index in [0.717, 1.165) is 5.56 Å². The van der Waals surface area contributed by atoms with Crippen LogP contribution in [0.3, 0.4) is 0 Å². The van der Waals surface area contributed by atoms with E-state index >= 15 is 0 Å². The summed E-state index contributed by atoms with van der Waals surface area (Å²) in [6, 6.07) is 4.01. The van der Waals surface area contributed by atoms with E-state index in [0.29, 0.717) is 11.1 Å². The van der Waals surface area contributed by atoms with Crippen LogP contribution in [0.15, 0.2) is 27.4 Å². The highest BCUT2D eigenvalue weighted by Crippen LogP contribution is 2.30. The summed E-state index contributed by atoms with van der Waals surface area (Å²) >= 11 is 0. The molecule has 0 radical (unpaired) electrons. The lowest BCUT2D eigenvalue weighted by Crippen LogP contribution is -2.62. The number of carbonyl (C=O) groups excluding carboxylic acids is 1. The summed E-state index contributed by atoms with van der Waals surface area (Å²) in [5, 5.41) is 32.3. The van der Waals surface area contributed by atoms with Crippen molar-refractivity contribution in [1.29, 1.82) is 0 Å². The molecule has 2 heterocycles. The van der Waals surface area contributed by atoms with E-state index in [4.69, 9.17) is 9.15 Å². The van der Waals surface area contributed by atoms with Gasteiger partial charge < -0.3 is 29.8 Å². The summed E-state index contributed by atoms with van der Waals surface area (Å²) < 4.78 is 12.0. The van der Waals surface area contributed by atoms with Crippen molar-refractivity contribution in [2.24, 2.45) is 0 Å². The molecule has 25 heavy (non-hydrogen) atoms. The zero-order valence-electron chi connectivity index (χ0n) is 13.7. The molecule has 0 saturated carbocycles. The summed E-state index contributed by atoms with van der Waals surface area (Å²) in [6.45, 7) is 2.52. The summed E-state index contributed by atoms with van der Waals surface area (Å²) in [6.07, 6.45) is -5.14. The quantitative estimate of drug-likeness (QED) is 0.558. The Morgan fingerprint density at radius 2 is 2.04 bits per heavy atom. The zero-order valence-corrected chi connectivity index (χ0v) is 13.7. The van der Waals surface area contributed by atoms with Crippen molar-refractivity contribution in [3.8, 4) is 0 Å². The fourth-order valence-electron chi connectivity index (χ4n) is 3.09. The van der Waals surface area contributed by atoms with Gasteiger partial charge in [-0.2, -0.15) is 0 Å². The average Bonchev–Trinajstić information content (AvgIpc) is 2.87. The third-order valence-electron chi connectivity index (χ3n) is 4.29. The summed E-state index contributed by atoms with van der Waals surface area (Å²) in [4.78, 5) is 23.9. The number of hydrogen-bond donors (Lipinski definition) is 4. The number of aliphatic hydroxyl groups is 3. The first-order valence-electron chi connectivity index (χ1n) is 7.84. The number of hydrogen-bond acceptors (Lipinski definition) is 7. The topological polar surface area (TPSA) is 134 Å². The lowest BCUT2D eigenvalue weighted by molar-refractivity contribution is -0.216. The molecule has 136 valence electrons. The fraction of sp³-hybridized carbons (Fsp3) is 0.500. The third kappa shape index (κ3) is 3.07. The molecule has 0 bridgehead atoms. The highest BCUT2D eigenvalue weighted by Gasteiger charge is 2.46. The predicted octanol–water partition coefficient (Wildman–Crippen LogP) is -0.981. The van der Waals surface area contributed by atoms with Gasteiger partial charge in [-0.15, -0.1) is 0 Å². The molecule has 1 aliphatic heterocycles. The second kappa shape index (κ2) is 6.60. The van der Waals surface area contributed by atoms with Crippen molar-refractivity contribution in [1.82, 2.24) is 9.88 Å². The summed E-state index contributed by atoms with van der Waals surface area (Å²) in [7, 11) is 0. The van der Waals surface area contributed by atoms with E-state index in [-0.39, 0.29) is 0 Å². The molecule has 2 aromatic rings. The Kier molecular flexibility index (Phi) is 4.65. The van der Waals surface area contributed by atoms with E-state index in [2.05, 4.69) is 5.32 Å². The van der Waals surface area contributed by atoms with Crippen LogP contribution in [0.1, 0.15) is 18.7 Å². The first-order valence-corrected chi connectivity index (χ1v) is 7.84. The van der Waals surface area contributed by atoms with Gasteiger partial charge >= 0.3 is 5.76 Å². The normalized spacial score (nSPS) is 29.7. The van der Waals surface area contributed by atoms with Crippen molar-refractivity contribution in [3.05, 3.63) is 34.3 Å². The SMILES string of the molecule is CC(=O)N[C@@H]1[C@H](O)[C@H](O)[C@H](CO)O[C@H]1n1c(=O)oc2ccc(C)cc21. The van der Waals surface area contributed by atoms with E-state index in [1.807, 2.05) is 6.92 Å². The lowest BCUT2D eigenvalue weighted by Gasteiger charge is -2.42. The number of rotatable bonds is 3. The summed E-state index contributed by atoms with van der Waals surface area (Å²) in [5.41, 5.74) is 1.61. The summed E-state index contributed by atoms with van der Waals surface area (Å²) in [5.74, 6) is -1.20. The molecule has 9 heteroatoms. The first kappa shape index (κ1) is 17.6. The van der Waals surface area contributed by atoms with Gasteiger partial charge in [0.1, 0.15) is 24.4 Å². The smallest absolute Gasteiger partial charge is 0.408 e. The van der Waals surface area contributed by atoms with E-state index < -0.39 is 48.9 Å². The first-order chi connectivity index (χ1) is 11.8. The molecule has 1 aliphatic rings. The Labute approximate surface area is 142 Å². The maximum Gasteiger partial charge on any atom is 0.422 e. The van der Waals surface area contributed by atoms with E-state index in [9.17, 15) is 24.9 Å². The number of amides is 1. The van der Waals surface area contributed by atoms with Gasteiger partial charge in [-0.3, -0.25) is 4.79 Å². The fourth-order valence-corrected chi connectivity index (χ4v) is 3.09. The van der Waals surface area contributed by atoms with Crippen LogP contribution in [0.2, 0.25) is 0 Å². The van der Waals surface area contributed by atoms with Gasteiger partial charge in [0.25, 0.3) is 0 Å². The molecular formula is C16H20N2O7. The molecule has 1 saturated heterocycles. The molecule has 1 amide bonds. The number of aromatic nitrogens is 1. The molecule has 4 N–H and O–H groups in total. The van der Waals surface area contributed by atoms with Crippen molar-refractivity contribution in [2.75, 3.05) is 6.61 Å². The van der Waals surface area contributed by atoms with Gasteiger partial charge in [0.2, 0.25) is 5.91 Å². The highest BCUT2D eigenvalue weighted by molar-refractivity contribution is 5.75. The maximum absolute atomic E-state index is 12.4. The van der Waals surface area contributed by atoms with Gasteiger partial charge in [0.15, 0.2) is 11.8 Å². The van der Waals surface area contributed by atoms with Crippen molar-refractivity contribution in [3.63, 3.8) is 0 Å². The van der Waals surface area contributed by atoms with Crippen molar-refractivity contribution in [2.45, 2.75) is 44.4 Å².